The first-order valence-corrected chi connectivity index (χ1v) is 7.65. The van der Waals surface area contributed by atoms with Crippen molar-refractivity contribution in [2.45, 2.75) is 59.0 Å². The number of nitrogens with zero attached hydrogens (tertiary/aromatic N) is 2. The molecule has 5 nitrogen and oxygen atoms in total. The standard InChI is InChI=1S/C16H24N2O3/c1-4-17-11(2)9-14(12(17)3)16(21)18-8-6-5-7-13(18)10-15(19)20/h9,13H,4-8,10H2,1-3H3,(H,19,20). The Morgan fingerprint density at radius 1 is 1.33 bits per heavy atom. The highest BCUT2D eigenvalue weighted by Crippen LogP contribution is 2.24. The number of carbonyl (C=O) groups is 2. The summed E-state index contributed by atoms with van der Waals surface area (Å²) in [4.78, 5) is 25.6. The van der Waals surface area contributed by atoms with Gasteiger partial charge in [0.2, 0.25) is 0 Å². The highest BCUT2D eigenvalue weighted by molar-refractivity contribution is 5.96. The number of aromatic nitrogens is 1. The third-order valence-corrected chi connectivity index (χ3v) is 4.42. The summed E-state index contributed by atoms with van der Waals surface area (Å²) in [6.45, 7) is 7.51. The maximum absolute atomic E-state index is 12.8. The molecule has 1 saturated heterocycles. The Balaban J connectivity index is 2.26. The summed E-state index contributed by atoms with van der Waals surface area (Å²) in [5, 5.41) is 9.03. The summed E-state index contributed by atoms with van der Waals surface area (Å²) < 4.78 is 2.11. The van der Waals surface area contributed by atoms with Crippen molar-refractivity contribution in [3.05, 3.63) is 23.0 Å². The van der Waals surface area contributed by atoms with Crippen LogP contribution in [0.1, 0.15) is 54.4 Å². The number of hydrogen-bond acceptors (Lipinski definition) is 2. The lowest BCUT2D eigenvalue weighted by Crippen LogP contribution is -2.44. The van der Waals surface area contributed by atoms with Crippen LogP contribution in [0.2, 0.25) is 0 Å². The van der Waals surface area contributed by atoms with Crippen LogP contribution in [0.15, 0.2) is 6.07 Å². The van der Waals surface area contributed by atoms with Crippen molar-refractivity contribution in [1.82, 2.24) is 9.47 Å². The molecule has 21 heavy (non-hydrogen) atoms. The normalized spacial score (nSPS) is 18.8. The topological polar surface area (TPSA) is 62.5 Å². The third-order valence-electron chi connectivity index (χ3n) is 4.42. The first-order valence-electron chi connectivity index (χ1n) is 7.65. The number of carbonyl (C=O) groups excluding carboxylic acids is 1. The van der Waals surface area contributed by atoms with Crippen LogP contribution >= 0.6 is 0 Å². The van der Waals surface area contributed by atoms with Gasteiger partial charge in [0.15, 0.2) is 0 Å². The monoisotopic (exact) mass is 292 g/mol. The number of amides is 1. The van der Waals surface area contributed by atoms with Crippen LogP contribution in [0.4, 0.5) is 0 Å². The van der Waals surface area contributed by atoms with E-state index in [-0.39, 0.29) is 18.4 Å². The number of piperidine rings is 1. The fraction of sp³-hybridized carbons (Fsp3) is 0.625. The predicted molar refractivity (Wildman–Crippen MR) is 80.5 cm³/mol. The summed E-state index contributed by atoms with van der Waals surface area (Å²) >= 11 is 0. The van der Waals surface area contributed by atoms with Gasteiger partial charge in [-0.25, -0.2) is 0 Å². The summed E-state index contributed by atoms with van der Waals surface area (Å²) in [6.07, 6.45) is 2.77. The minimum Gasteiger partial charge on any atom is -0.481 e. The van der Waals surface area contributed by atoms with E-state index in [0.717, 1.165) is 37.2 Å². The first kappa shape index (κ1) is 15.6. The van der Waals surface area contributed by atoms with Crippen molar-refractivity contribution < 1.29 is 14.7 Å². The molecule has 1 atom stereocenters. The number of aliphatic carboxylic acids is 1. The molecule has 1 amide bonds. The van der Waals surface area contributed by atoms with Gasteiger partial charge in [-0.2, -0.15) is 0 Å². The second-order valence-electron chi connectivity index (χ2n) is 5.78. The molecule has 0 aliphatic carbocycles. The number of rotatable bonds is 4. The average Bonchev–Trinajstić information content (AvgIpc) is 2.72. The first-order chi connectivity index (χ1) is 9.95. The van der Waals surface area contributed by atoms with Crippen molar-refractivity contribution >= 4 is 11.9 Å². The Kier molecular flexibility index (Phi) is 4.70. The summed E-state index contributed by atoms with van der Waals surface area (Å²) in [7, 11) is 0. The predicted octanol–water partition coefficient (Wildman–Crippen LogP) is 2.59. The molecule has 2 rings (SSSR count). The van der Waals surface area contributed by atoms with Crippen LogP contribution < -0.4 is 0 Å². The lowest BCUT2D eigenvalue weighted by atomic mass is 9.98. The second-order valence-corrected chi connectivity index (χ2v) is 5.78. The molecule has 2 heterocycles. The molecule has 1 aromatic heterocycles. The number of carboxylic acid groups (broad SMARTS) is 1. The molecule has 1 aliphatic heterocycles. The molecule has 0 bridgehead atoms. The van der Waals surface area contributed by atoms with E-state index in [2.05, 4.69) is 11.5 Å². The average molecular weight is 292 g/mol. The zero-order chi connectivity index (χ0) is 15.6. The SMILES string of the molecule is CCn1c(C)cc(C(=O)N2CCCCC2CC(=O)O)c1C. The van der Waals surface area contributed by atoms with Gasteiger partial charge in [0, 0.05) is 30.5 Å². The van der Waals surface area contributed by atoms with Crippen molar-refractivity contribution in [2.24, 2.45) is 0 Å². The molecule has 1 aromatic rings. The van der Waals surface area contributed by atoms with Gasteiger partial charge in [0.25, 0.3) is 5.91 Å². The number of hydrogen-bond donors (Lipinski definition) is 1. The molecule has 1 fully saturated rings. The zero-order valence-electron chi connectivity index (χ0n) is 13.1. The molecule has 0 spiro atoms. The van der Waals surface area contributed by atoms with E-state index in [4.69, 9.17) is 5.11 Å². The number of likely N-dealkylation sites (tertiary alicyclic amines) is 1. The maximum Gasteiger partial charge on any atom is 0.305 e. The molecule has 0 radical (unpaired) electrons. The lowest BCUT2D eigenvalue weighted by Gasteiger charge is -2.35. The van der Waals surface area contributed by atoms with Gasteiger partial charge in [-0.1, -0.05) is 0 Å². The lowest BCUT2D eigenvalue weighted by molar-refractivity contribution is -0.138. The van der Waals surface area contributed by atoms with Crippen LogP contribution in [0.5, 0.6) is 0 Å². The maximum atomic E-state index is 12.8. The molecule has 0 aromatic carbocycles. The minimum atomic E-state index is -0.835. The fourth-order valence-electron chi connectivity index (χ4n) is 3.34. The molecular weight excluding hydrogens is 268 g/mol. The third kappa shape index (κ3) is 3.12. The van der Waals surface area contributed by atoms with E-state index >= 15 is 0 Å². The molecule has 0 saturated carbocycles. The molecule has 1 aliphatic rings. The Bertz CT molecular complexity index is 548. The van der Waals surface area contributed by atoms with Crippen LogP contribution in [-0.4, -0.2) is 39.0 Å². The smallest absolute Gasteiger partial charge is 0.305 e. The quantitative estimate of drug-likeness (QED) is 0.927. The highest BCUT2D eigenvalue weighted by atomic mass is 16.4. The van der Waals surface area contributed by atoms with Crippen LogP contribution in [0, 0.1) is 13.8 Å². The fourth-order valence-corrected chi connectivity index (χ4v) is 3.34. The molecular formula is C16H24N2O3. The Labute approximate surface area is 125 Å². The van der Waals surface area contributed by atoms with Crippen molar-refractivity contribution in [3.63, 3.8) is 0 Å². The zero-order valence-corrected chi connectivity index (χ0v) is 13.1. The Hall–Kier alpha value is -1.78. The van der Waals surface area contributed by atoms with Gasteiger partial charge in [0.1, 0.15) is 0 Å². The van der Waals surface area contributed by atoms with Crippen molar-refractivity contribution in [1.29, 1.82) is 0 Å². The van der Waals surface area contributed by atoms with Gasteiger partial charge >= 0.3 is 5.97 Å². The van der Waals surface area contributed by atoms with E-state index in [1.54, 1.807) is 4.90 Å². The summed E-state index contributed by atoms with van der Waals surface area (Å²) in [5.41, 5.74) is 2.76. The van der Waals surface area contributed by atoms with Gasteiger partial charge < -0.3 is 14.6 Å². The van der Waals surface area contributed by atoms with Gasteiger partial charge in [-0.3, -0.25) is 9.59 Å². The minimum absolute atomic E-state index is 0.0197. The number of aryl methyl sites for hydroxylation is 1. The van der Waals surface area contributed by atoms with E-state index in [9.17, 15) is 9.59 Å². The van der Waals surface area contributed by atoms with Crippen LogP contribution in [-0.2, 0) is 11.3 Å². The molecule has 1 unspecified atom stereocenters. The van der Waals surface area contributed by atoms with E-state index < -0.39 is 5.97 Å². The number of carboxylic acids is 1. The Morgan fingerprint density at radius 2 is 2.05 bits per heavy atom. The van der Waals surface area contributed by atoms with Gasteiger partial charge in [-0.15, -0.1) is 0 Å². The Morgan fingerprint density at radius 3 is 2.62 bits per heavy atom. The van der Waals surface area contributed by atoms with Crippen LogP contribution in [0.25, 0.3) is 0 Å². The summed E-state index contributed by atoms with van der Waals surface area (Å²) in [5.74, 6) is -0.854. The molecule has 1 N–H and O–H groups in total. The van der Waals surface area contributed by atoms with E-state index in [1.165, 1.54) is 0 Å². The second kappa shape index (κ2) is 6.33. The van der Waals surface area contributed by atoms with E-state index in [1.807, 2.05) is 19.9 Å². The van der Waals surface area contributed by atoms with Gasteiger partial charge in [0.05, 0.1) is 12.0 Å². The molecule has 116 valence electrons. The molecule has 5 heteroatoms. The van der Waals surface area contributed by atoms with Gasteiger partial charge in [-0.05, 0) is 46.1 Å². The van der Waals surface area contributed by atoms with Crippen molar-refractivity contribution in [2.75, 3.05) is 6.54 Å². The van der Waals surface area contributed by atoms with Crippen LogP contribution in [0.3, 0.4) is 0 Å². The largest absolute Gasteiger partial charge is 0.481 e. The van der Waals surface area contributed by atoms with E-state index in [0.29, 0.717) is 12.1 Å². The summed E-state index contributed by atoms with van der Waals surface area (Å²) in [6, 6.07) is 1.75. The van der Waals surface area contributed by atoms with Crippen molar-refractivity contribution in [3.8, 4) is 0 Å². The highest BCUT2D eigenvalue weighted by Gasteiger charge is 2.30.